The van der Waals surface area contributed by atoms with Crippen LogP contribution in [0.4, 0.5) is 0 Å². The van der Waals surface area contributed by atoms with Crippen LogP contribution in [0.2, 0.25) is 0 Å². The van der Waals surface area contributed by atoms with Gasteiger partial charge in [0.15, 0.2) is 0 Å². The topological polar surface area (TPSA) is 36.4 Å². The molecule has 35 heavy (non-hydrogen) atoms. The molecule has 2 fully saturated rings. The maximum atomic E-state index is 13.7. The van der Waals surface area contributed by atoms with Crippen molar-refractivity contribution >= 4 is 30.2 Å². The van der Waals surface area contributed by atoms with Gasteiger partial charge in [0.2, 0.25) is 0 Å². The van der Waals surface area contributed by atoms with E-state index in [1.807, 2.05) is 72.8 Å². The Morgan fingerprint density at radius 3 is 1.91 bits per heavy atom. The number of rotatable bonds is 7. The zero-order chi connectivity index (χ0) is 23.9. The lowest BCUT2D eigenvalue weighted by molar-refractivity contribution is 0.0708. The van der Waals surface area contributed by atoms with Crippen molar-refractivity contribution in [1.29, 1.82) is 0 Å². The van der Waals surface area contributed by atoms with Crippen molar-refractivity contribution in [1.82, 2.24) is 14.8 Å². The molecule has 2 saturated heterocycles. The van der Waals surface area contributed by atoms with E-state index in [1.165, 1.54) is 12.8 Å². The van der Waals surface area contributed by atoms with Gasteiger partial charge in [0.25, 0.3) is 5.91 Å². The lowest BCUT2D eigenvalue weighted by atomic mass is 10.1. The number of amides is 1. The van der Waals surface area contributed by atoms with E-state index in [-0.39, 0.29) is 5.91 Å². The number of hydrogen-bond acceptors (Lipinski definition) is 3. The van der Waals surface area contributed by atoms with E-state index in [1.54, 1.807) is 0 Å². The molecule has 3 aromatic rings. The Hall–Kier alpha value is -3.50. The summed E-state index contributed by atoms with van der Waals surface area (Å²) >= 11 is 0. The minimum Gasteiger partial charge on any atom is -0.334 e. The minimum atomic E-state index is 0.123. The Labute approximate surface area is 208 Å². The van der Waals surface area contributed by atoms with Gasteiger partial charge in [0, 0.05) is 24.7 Å². The monoisotopic (exact) mass is 463 g/mol. The molecule has 0 N–H and O–H groups in total. The third-order valence-corrected chi connectivity index (χ3v) is 6.91. The highest BCUT2D eigenvalue weighted by molar-refractivity contribution is 5.96. The van der Waals surface area contributed by atoms with Crippen LogP contribution in [0.5, 0.6) is 0 Å². The van der Waals surface area contributed by atoms with Crippen molar-refractivity contribution in [2.75, 3.05) is 26.2 Å². The first kappa shape index (κ1) is 23.3. The van der Waals surface area contributed by atoms with E-state index in [2.05, 4.69) is 34.1 Å². The van der Waals surface area contributed by atoms with Gasteiger partial charge in [0.05, 0.1) is 11.4 Å². The number of pyridine rings is 1. The van der Waals surface area contributed by atoms with Gasteiger partial charge in [-0.05, 0) is 74.2 Å². The van der Waals surface area contributed by atoms with Crippen LogP contribution in [0.3, 0.4) is 0 Å². The summed E-state index contributed by atoms with van der Waals surface area (Å²) in [5, 5.41) is 0. The molecule has 4 heteroatoms. The molecule has 2 aromatic carbocycles. The molecule has 2 aliphatic rings. The van der Waals surface area contributed by atoms with Gasteiger partial charge in [-0.1, -0.05) is 72.8 Å². The summed E-state index contributed by atoms with van der Waals surface area (Å²) in [6.45, 7) is 4.16. The molecule has 2 aliphatic heterocycles. The SMILES string of the molecule is O=C(c1cc(/C=C/c2ccccc2)nc(/C=C/c2ccccc2)c1)N1CCC[C@H]1CN1CCCC1. The molecule has 1 aromatic heterocycles. The third kappa shape index (κ3) is 6.14. The van der Waals surface area contributed by atoms with Gasteiger partial charge in [-0.2, -0.15) is 0 Å². The van der Waals surface area contributed by atoms with Crippen LogP contribution in [-0.4, -0.2) is 52.9 Å². The summed E-state index contributed by atoms with van der Waals surface area (Å²) < 4.78 is 0. The van der Waals surface area contributed by atoms with Crippen LogP contribution in [0.1, 0.15) is 58.6 Å². The normalized spacial score (nSPS) is 18.7. The summed E-state index contributed by atoms with van der Waals surface area (Å²) in [7, 11) is 0. The van der Waals surface area contributed by atoms with Gasteiger partial charge in [-0.3, -0.25) is 4.79 Å². The molecule has 0 aliphatic carbocycles. The fraction of sp³-hybridized carbons (Fsp3) is 0.290. The number of carbonyl (C=O) groups excluding carboxylic acids is 1. The van der Waals surface area contributed by atoms with Crippen molar-refractivity contribution in [2.45, 2.75) is 31.7 Å². The van der Waals surface area contributed by atoms with E-state index in [0.717, 1.165) is 61.5 Å². The second-order valence-electron chi connectivity index (χ2n) is 9.50. The minimum absolute atomic E-state index is 0.123. The second kappa shape index (κ2) is 11.3. The Morgan fingerprint density at radius 1 is 0.771 bits per heavy atom. The van der Waals surface area contributed by atoms with Crippen molar-refractivity contribution in [3.63, 3.8) is 0 Å². The zero-order valence-electron chi connectivity index (χ0n) is 20.2. The molecule has 3 heterocycles. The largest absolute Gasteiger partial charge is 0.334 e. The quantitative estimate of drug-likeness (QED) is 0.423. The summed E-state index contributed by atoms with van der Waals surface area (Å²) in [4.78, 5) is 23.2. The summed E-state index contributed by atoms with van der Waals surface area (Å²) in [6.07, 6.45) is 12.8. The van der Waals surface area contributed by atoms with Crippen molar-refractivity contribution in [3.8, 4) is 0 Å². The van der Waals surface area contributed by atoms with Crippen molar-refractivity contribution in [3.05, 3.63) is 101 Å². The molecule has 4 nitrogen and oxygen atoms in total. The smallest absolute Gasteiger partial charge is 0.254 e. The standard InChI is InChI=1S/C31H33N3O/c35-31(34-21-9-14-30(34)24-33-19-7-8-20-33)27-22-28(17-15-25-10-3-1-4-11-25)32-29(23-27)18-16-26-12-5-2-6-13-26/h1-6,10-13,15-18,22-23,30H,7-9,14,19-21,24H2/b17-15+,18-16+/t30-/m0/s1. The van der Waals surface area contributed by atoms with Gasteiger partial charge in [-0.15, -0.1) is 0 Å². The molecule has 0 radical (unpaired) electrons. The van der Waals surface area contributed by atoms with E-state index in [9.17, 15) is 4.79 Å². The average Bonchev–Trinajstić information content (AvgIpc) is 3.60. The molecular formula is C31H33N3O. The fourth-order valence-electron chi connectivity index (χ4n) is 5.08. The molecule has 178 valence electrons. The number of hydrogen-bond donors (Lipinski definition) is 0. The number of carbonyl (C=O) groups is 1. The number of aromatic nitrogens is 1. The first-order chi connectivity index (χ1) is 17.2. The molecule has 1 amide bonds. The molecule has 0 unspecified atom stereocenters. The van der Waals surface area contributed by atoms with E-state index in [0.29, 0.717) is 11.6 Å². The van der Waals surface area contributed by atoms with Gasteiger partial charge >= 0.3 is 0 Å². The first-order valence-corrected chi connectivity index (χ1v) is 12.8. The molecule has 0 spiro atoms. The molecule has 0 bridgehead atoms. The summed E-state index contributed by atoms with van der Waals surface area (Å²) in [5.41, 5.74) is 4.52. The summed E-state index contributed by atoms with van der Waals surface area (Å²) in [6, 6.07) is 24.5. The maximum Gasteiger partial charge on any atom is 0.254 e. The average molecular weight is 464 g/mol. The fourth-order valence-corrected chi connectivity index (χ4v) is 5.08. The number of nitrogens with zero attached hydrogens (tertiary/aromatic N) is 3. The second-order valence-corrected chi connectivity index (χ2v) is 9.50. The molecule has 5 rings (SSSR count). The van der Waals surface area contributed by atoms with E-state index < -0.39 is 0 Å². The van der Waals surface area contributed by atoms with E-state index in [4.69, 9.17) is 4.98 Å². The molecular weight excluding hydrogens is 430 g/mol. The Balaban J connectivity index is 1.42. The molecule has 1 atom stereocenters. The van der Waals surface area contributed by atoms with Crippen LogP contribution >= 0.6 is 0 Å². The highest BCUT2D eigenvalue weighted by Gasteiger charge is 2.31. The van der Waals surface area contributed by atoms with Crippen molar-refractivity contribution in [2.24, 2.45) is 0 Å². The Kier molecular flexibility index (Phi) is 7.50. The third-order valence-electron chi connectivity index (χ3n) is 6.91. The van der Waals surface area contributed by atoms with Crippen LogP contribution in [-0.2, 0) is 0 Å². The first-order valence-electron chi connectivity index (χ1n) is 12.8. The lowest BCUT2D eigenvalue weighted by Crippen LogP contribution is -2.42. The Morgan fingerprint density at radius 2 is 1.34 bits per heavy atom. The Bertz CT molecular complexity index is 1110. The predicted molar refractivity (Wildman–Crippen MR) is 145 cm³/mol. The highest BCUT2D eigenvalue weighted by atomic mass is 16.2. The van der Waals surface area contributed by atoms with Gasteiger partial charge in [0.1, 0.15) is 0 Å². The van der Waals surface area contributed by atoms with Crippen molar-refractivity contribution < 1.29 is 4.79 Å². The van der Waals surface area contributed by atoms with Crippen LogP contribution in [0, 0.1) is 0 Å². The van der Waals surface area contributed by atoms with Crippen LogP contribution in [0.15, 0.2) is 72.8 Å². The lowest BCUT2D eigenvalue weighted by Gasteiger charge is -2.28. The zero-order valence-corrected chi connectivity index (χ0v) is 20.2. The summed E-state index contributed by atoms with van der Waals surface area (Å²) in [5.74, 6) is 0.123. The van der Waals surface area contributed by atoms with Gasteiger partial charge < -0.3 is 9.80 Å². The van der Waals surface area contributed by atoms with E-state index >= 15 is 0 Å². The highest BCUT2D eigenvalue weighted by Crippen LogP contribution is 2.24. The van der Waals surface area contributed by atoms with Crippen LogP contribution < -0.4 is 0 Å². The van der Waals surface area contributed by atoms with Crippen LogP contribution in [0.25, 0.3) is 24.3 Å². The van der Waals surface area contributed by atoms with Gasteiger partial charge in [-0.25, -0.2) is 4.98 Å². The molecule has 0 saturated carbocycles. The maximum absolute atomic E-state index is 13.7. The predicted octanol–water partition coefficient (Wildman–Crippen LogP) is 6.12. The number of benzene rings is 2. The number of likely N-dealkylation sites (tertiary alicyclic amines) is 2.